The van der Waals surface area contributed by atoms with Gasteiger partial charge in [0.2, 0.25) is 5.91 Å². The third-order valence-electron chi connectivity index (χ3n) is 2.73. The molecule has 0 bridgehead atoms. The first-order valence-corrected chi connectivity index (χ1v) is 6.11. The van der Waals surface area contributed by atoms with Gasteiger partial charge in [0.15, 0.2) is 0 Å². The predicted molar refractivity (Wildman–Crippen MR) is 69.4 cm³/mol. The van der Waals surface area contributed by atoms with Crippen LogP contribution in [0.3, 0.4) is 0 Å². The lowest BCUT2D eigenvalue weighted by atomic mass is 10.2. The van der Waals surface area contributed by atoms with Gasteiger partial charge >= 0.3 is 0 Å². The number of hydrogen-bond acceptors (Lipinski definition) is 3. The van der Waals surface area contributed by atoms with Gasteiger partial charge in [-0.05, 0) is 32.8 Å². The van der Waals surface area contributed by atoms with E-state index < -0.39 is 0 Å². The molecule has 1 rings (SSSR count). The standard InChI is InChI=1S/C13H20N2O3/c1-10-5-3-7-15(13(10)18)9-12(17)14-11(2)6-4-8-16/h3,5,7,11,16H,4,6,8-9H2,1-2H3,(H,14,17). The Kier molecular flexibility index (Phi) is 5.58. The number of aromatic nitrogens is 1. The molecule has 1 atom stereocenters. The second kappa shape index (κ2) is 6.96. The summed E-state index contributed by atoms with van der Waals surface area (Å²) in [5.74, 6) is -0.187. The highest BCUT2D eigenvalue weighted by atomic mass is 16.3. The first kappa shape index (κ1) is 14.4. The summed E-state index contributed by atoms with van der Waals surface area (Å²) < 4.78 is 1.39. The summed E-state index contributed by atoms with van der Waals surface area (Å²) in [6.45, 7) is 3.76. The van der Waals surface area contributed by atoms with Crippen molar-refractivity contribution < 1.29 is 9.90 Å². The van der Waals surface area contributed by atoms with Gasteiger partial charge in [0.1, 0.15) is 6.54 Å². The number of aliphatic hydroxyl groups excluding tert-OH is 1. The molecule has 0 aliphatic heterocycles. The van der Waals surface area contributed by atoms with Gasteiger partial charge in [-0.2, -0.15) is 0 Å². The maximum Gasteiger partial charge on any atom is 0.253 e. The van der Waals surface area contributed by atoms with Gasteiger partial charge in [-0.1, -0.05) is 6.07 Å². The molecule has 5 nitrogen and oxygen atoms in total. The number of aliphatic hydroxyl groups is 1. The summed E-state index contributed by atoms with van der Waals surface area (Å²) in [7, 11) is 0. The Labute approximate surface area is 106 Å². The molecule has 0 aliphatic rings. The van der Waals surface area contributed by atoms with Crippen molar-refractivity contribution in [3.63, 3.8) is 0 Å². The summed E-state index contributed by atoms with van der Waals surface area (Å²) in [6.07, 6.45) is 2.99. The van der Waals surface area contributed by atoms with Crippen LogP contribution in [0.25, 0.3) is 0 Å². The van der Waals surface area contributed by atoms with E-state index in [1.165, 1.54) is 4.57 Å². The summed E-state index contributed by atoms with van der Waals surface area (Å²) in [6, 6.07) is 3.48. The zero-order chi connectivity index (χ0) is 13.5. The fraction of sp³-hybridized carbons (Fsp3) is 0.538. The van der Waals surface area contributed by atoms with Gasteiger partial charge < -0.3 is 15.0 Å². The van der Waals surface area contributed by atoms with Gasteiger partial charge in [0, 0.05) is 24.4 Å². The van der Waals surface area contributed by atoms with E-state index >= 15 is 0 Å². The molecule has 0 fully saturated rings. The van der Waals surface area contributed by atoms with Crippen molar-refractivity contribution in [1.29, 1.82) is 0 Å². The van der Waals surface area contributed by atoms with Crippen LogP contribution in [0.2, 0.25) is 0 Å². The second-order valence-electron chi connectivity index (χ2n) is 4.46. The molecule has 0 saturated heterocycles. The molecular weight excluding hydrogens is 232 g/mol. The summed E-state index contributed by atoms with van der Waals surface area (Å²) >= 11 is 0. The van der Waals surface area contributed by atoms with Crippen LogP contribution in [0.4, 0.5) is 0 Å². The molecule has 0 aromatic carbocycles. The molecule has 0 aliphatic carbocycles. The van der Waals surface area contributed by atoms with Crippen molar-refractivity contribution >= 4 is 5.91 Å². The highest BCUT2D eigenvalue weighted by Crippen LogP contribution is 1.96. The SMILES string of the molecule is Cc1cccn(CC(=O)NC(C)CCCO)c1=O. The molecule has 1 heterocycles. The first-order chi connectivity index (χ1) is 8.54. The molecular formula is C13H20N2O3. The Bertz CT molecular complexity index is 454. The maximum absolute atomic E-state index is 11.7. The highest BCUT2D eigenvalue weighted by molar-refractivity contribution is 5.76. The minimum absolute atomic E-state index is 0.00478. The molecule has 0 spiro atoms. The van der Waals surface area contributed by atoms with Crippen LogP contribution in [0.1, 0.15) is 25.3 Å². The monoisotopic (exact) mass is 252 g/mol. The van der Waals surface area contributed by atoms with E-state index in [0.29, 0.717) is 12.0 Å². The molecule has 0 saturated carbocycles. The number of nitrogens with zero attached hydrogens (tertiary/aromatic N) is 1. The van der Waals surface area contributed by atoms with E-state index in [-0.39, 0.29) is 30.7 Å². The number of carbonyl (C=O) groups excluding carboxylic acids is 1. The minimum atomic E-state index is -0.187. The van der Waals surface area contributed by atoms with Crippen LogP contribution in [-0.4, -0.2) is 28.2 Å². The predicted octanol–water partition coefficient (Wildman–Crippen LogP) is 0.434. The molecule has 18 heavy (non-hydrogen) atoms. The van der Waals surface area contributed by atoms with Crippen molar-refractivity contribution in [2.24, 2.45) is 0 Å². The normalized spacial score (nSPS) is 12.2. The largest absolute Gasteiger partial charge is 0.396 e. The topological polar surface area (TPSA) is 71.3 Å². The molecule has 1 aromatic rings. The average molecular weight is 252 g/mol. The van der Waals surface area contributed by atoms with Crippen LogP contribution in [0.5, 0.6) is 0 Å². The summed E-state index contributed by atoms with van der Waals surface area (Å²) in [5, 5.41) is 11.5. The van der Waals surface area contributed by atoms with Crippen molar-refractivity contribution in [1.82, 2.24) is 9.88 Å². The number of carbonyl (C=O) groups is 1. The molecule has 2 N–H and O–H groups in total. The molecule has 100 valence electrons. The Morgan fingerprint density at radius 3 is 2.94 bits per heavy atom. The van der Waals surface area contributed by atoms with Crippen molar-refractivity contribution in [3.8, 4) is 0 Å². The van der Waals surface area contributed by atoms with Crippen LogP contribution in [0, 0.1) is 6.92 Å². The molecule has 0 radical (unpaired) electrons. The van der Waals surface area contributed by atoms with E-state index in [4.69, 9.17) is 5.11 Å². The average Bonchev–Trinajstić information content (AvgIpc) is 2.32. The van der Waals surface area contributed by atoms with Crippen LogP contribution < -0.4 is 10.9 Å². The smallest absolute Gasteiger partial charge is 0.253 e. The van der Waals surface area contributed by atoms with E-state index in [2.05, 4.69) is 5.32 Å². The number of amides is 1. The van der Waals surface area contributed by atoms with Crippen LogP contribution in [0.15, 0.2) is 23.1 Å². The summed E-state index contributed by atoms with van der Waals surface area (Å²) in [4.78, 5) is 23.4. The number of aryl methyl sites for hydroxylation is 1. The zero-order valence-corrected chi connectivity index (χ0v) is 10.8. The highest BCUT2D eigenvalue weighted by Gasteiger charge is 2.08. The Hall–Kier alpha value is -1.62. The van der Waals surface area contributed by atoms with Gasteiger partial charge in [-0.25, -0.2) is 0 Å². The van der Waals surface area contributed by atoms with Gasteiger partial charge in [-0.15, -0.1) is 0 Å². The quantitative estimate of drug-likeness (QED) is 0.771. The maximum atomic E-state index is 11.7. The molecule has 5 heteroatoms. The fourth-order valence-electron chi connectivity index (χ4n) is 1.73. The number of rotatable bonds is 6. The number of nitrogens with one attached hydrogen (secondary N) is 1. The Morgan fingerprint density at radius 1 is 1.56 bits per heavy atom. The van der Waals surface area contributed by atoms with Crippen molar-refractivity contribution in [3.05, 3.63) is 34.2 Å². The van der Waals surface area contributed by atoms with Crippen LogP contribution >= 0.6 is 0 Å². The molecule has 1 aromatic heterocycles. The lowest BCUT2D eigenvalue weighted by Crippen LogP contribution is -2.37. The van der Waals surface area contributed by atoms with E-state index in [9.17, 15) is 9.59 Å². The third-order valence-corrected chi connectivity index (χ3v) is 2.73. The zero-order valence-electron chi connectivity index (χ0n) is 10.8. The minimum Gasteiger partial charge on any atom is -0.396 e. The molecule has 1 unspecified atom stereocenters. The van der Waals surface area contributed by atoms with Crippen molar-refractivity contribution in [2.45, 2.75) is 39.3 Å². The fourth-order valence-corrected chi connectivity index (χ4v) is 1.73. The third kappa shape index (κ3) is 4.33. The van der Waals surface area contributed by atoms with Gasteiger partial charge in [-0.3, -0.25) is 9.59 Å². The van der Waals surface area contributed by atoms with E-state index in [1.807, 2.05) is 6.92 Å². The Balaban J connectivity index is 2.54. The van der Waals surface area contributed by atoms with Crippen LogP contribution in [-0.2, 0) is 11.3 Å². The first-order valence-electron chi connectivity index (χ1n) is 6.11. The van der Waals surface area contributed by atoms with E-state index in [1.54, 1.807) is 25.3 Å². The number of hydrogen-bond donors (Lipinski definition) is 2. The lowest BCUT2D eigenvalue weighted by molar-refractivity contribution is -0.122. The van der Waals surface area contributed by atoms with Gasteiger partial charge in [0.05, 0.1) is 0 Å². The van der Waals surface area contributed by atoms with E-state index in [0.717, 1.165) is 6.42 Å². The Morgan fingerprint density at radius 2 is 2.28 bits per heavy atom. The summed E-state index contributed by atoms with van der Waals surface area (Å²) in [5.41, 5.74) is 0.481. The number of pyridine rings is 1. The molecule has 1 amide bonds. The van der Waals surface area contributed by atoms with Gasteiger partial charge in [0.25, 0.3) is 5.56 Å². The lowest BCUT2D eigenvalue weighted by Gasteiger charge is -2.14. The second-order valence-corrected chi connectivity index (χ2v) is 4.46. The van der Waals surface area contributed by atoms with Crippen molar-refractivity contribution in [2.75, 3.05) is 6.61 Å².